The normalized spacial score (nSPS) is 10.8. The summed E-state index contributed by atoms with van der Waals surface area (Å²) in [5.41, 5.74) is 1.67. The van der Waals surface area contributed by atoms with Gasteiger partial charge in [-0.1, -0.05) is 15.9 Å². The van der Waals surface area contributed by atoms with Crippen molar-refractivity contribution in [2.75, 3.05) is 0 Å². The average Bonchev–Trinajstić information content (AvgIpc) is 2.46. The topological polar surface area (TPSA) is 17.3 Å². The van der Waals surface area contributed by atoms with Crippen LogP contribution in [0.1, 0.15) is 5.69 Å². The standard InChI is InChI=1S/C8H6BrFN2/c9-3-7-5-12-4-6(10)1-2-8(12)11-7/h1-2,4-5H,3H2. The summed E-state index contributed by atoms with van der Waals surface area (Å²) in [4.78, 5) is 4.22. The minimum Gasteiger partial charge on any atom is -0.304 e. The summed E-state index contributed by atoms with van der Waals surface area (Å²) in [6, 6.07) is 3.06. The van der Waals surface area contributed by atoms with Gasteiger partial charge in [-0.2, -0.15) is 0 Å². The summed E-state index contributed by atoms with van der Waals surface area (Å²) in [6.07, 6.45) is 3.21. The van der Waals surface area contributed by atoms with Crippen molar-refractivity contribution in [3.05, 3.63) is 36.0 Å². The van der Waals surface area contributed by atoms with Gasteiger partial charge in [0.2, 0.25) is 0 Å². The molecule has 0 aromatic carbocycles. The van der Waals surface area contributed by atoms with Crippen molar-refractivity contribution in [1.29, 1.82) is 0 Å². The van der Waals surface area contributed by atoms with E-state index in [1.165, 1.54) is 12.3 Å². The van der Waals surface area contributed by atoms with Gasteiger partial charge in [0.25, 0.3) is 0 Å². The molecule has 0 fully saturated rings. The van der Waals surface area contributed by atoms with E-state index in [1.54, 1.807) is 16.7 Å². The van der Waals surface area contributed by atoms with Crippen molar-refractivity contribution >= 4 is 21.6 Å². The summed E-state index contributed by atoms with van der Waals surface area (Å²) in [6.45, 7) is 0. The van der Waals surface area contributed by atoms with E-state index in [2.05, 4.69) is 20.9 Å². The Labute approximate surface area is 77.2 Å². The van der Waals surface area contributed by atoms with Crippen LogP contribution < -0.4 is 0 Å². The second-order valence-corrected chi connectivity index (χ2v) is 3.04. The van der Waals surface area contributed by atoms with Gasteiger partial charge in [-0.05, 0) is 12.1 Å². The molecule has 4 heteroatoms. The molecule has 2 heterocycles. The van der Waals surface area contributed by atoms with Gasteiger partial charge in [0, 0.05) is 17.7 Å². The first kappa shape index (κ1) is 7.73. The maximum absolute atomic E-state index is 12.7. The lowest BCUT2D eigenvalue weighted by atomic mass is 10.5. The Morgan fingerprint density at radius 2 is 2.25 bits per heavy atom. The predicted molar refractivity (Wildman–Crippen MR) is 47.8 cm³/mol. The molecule has 2 aromatic rings. The smallest absolute Gasteiger partial charge is 0.139 e. The Balaban J connectivity index is 2.67. The van der Waals surface area contributed by atoms with E-state index in [0.29, 0.717) is 5.33 Å². The monoisotopic (exact) mass is 228 g/mol. The Morgan fingerprint density at radius 1 is 1.42 bits per heavy atom. The highest BCUT2D eigenvalue weighted by Gasteiger charge is 1.99. The summed E-state index contributed by atoms with van der Waals surface area (Å²) in [7, 11) is 0. The van der Waals surface area contributed by atoms with Crippen molar-refractivity contribution in [3.8, 4) is 0 Å². The molecule has 0 saturated heterocycles. The van der Waals surface area contributed by atoms with Gasteiger partial charge in [-0.15, -0.1) is 0 Å². The molecule has 0 aliphatic rings. The van der Waals surface area contributed by atoms with Gasteiger partial charge in [0.05, 0.1) is 5.69 Å². The summed E-state index contributed by atoms with van der Waals surface area (Å²) < 4.78 is 14.4. The highest BCUT2D eigenvalue weighted by Crippen LogP contribution is 2.08. The van der Waals surface area contributed by atoms with Gasteiger partial charge >= 0.3 is 0 Å². The average molecular weight is 229 g/mol. The lowest BCUT2D eigenvalue weighted by Crippen LogP contribution is -1.83. The number of imidazole rings is 1. The SMILES string of the molecule is Fc1ccc2nc(CBr)cn2c1. The van der Waals surface area contributed by atoms with Gasteiger partial charge in [0.15, 0.2) is 0 Å². The molecule has 0 unspecified atom stereocenters. The molecule has 2 rings (SSSR count). The molecule has 0 saturated carbocycles. The lowest BCUT2D eigenvalue weighted by Gasteiger charge is -1.90. The van der Waals surface area contributed by atoms with Crippen LogP contribution in [-0.4, -0.2) is 9.38 Å². The first-order valence-corrected chi connectivity index (χ1v) is 4.61. The van der Waals surface area contributed by atoms with Crippen molar-refractivity contribution in [3.63, 3.8) is 0 Å². The second kappa shape index (κ2) is 2.86. The molecule has 0 radical (unpaired) electrons. The summed E-state index contributed by atoms with van der Waals surface area (Å²) in [5.74, 6) is -0.249. The van der Waals surface area contributed by atoms with Gasteiger partial charge in [-0.3, -0.25) is 0 Å². The largest absolute Gasteiger partial charge is 0.304 e. The number of hydrogen-bond acceptors (Lipinski definition) is 1. The number of aromatic nitrogens is 2. The molecule has 2 aromatic heterocycles. The van der Waals surface area contributed by atoms with Crippen LogP contribution in [0.4, 0.5) is 4.39 Å². The van der Waals surface area contributed by atoms with Crippen LogP contribution in [0.15, 0.2) is 24.5 Å². The molecule has 0 aliphatic heterocycles. The first-order chi connectivity index (χ1) is 5.79. The van der Waals surface area contributed by atoms with E-state index < -0.39 is 0 Å². The minimum absolute atomic E-state index is 0.249. The Hall–Kier alpha value is -0.900. The Bertz CT molecular complexity index is 410. The third-order valence-corrected chi connectivity index (χ3v) is 2.18. The van der Waals surface area contributed by atoms with Gasteiger partial charge in [0.1, 0.15) is 11.5 Å². The molecule has 0 N–H and O–H groups in total. The predicted octanol–water partition coefficient (Wildman–Crippen LogP) is 2.37. The first-order valence-electron chi connectivity index (χ1n) is 3.49. The van der Waals surface area contributed by atoms with E-state index in [0.717, 1.165) is 11.3 Å². The minimum atomic E-state index is -0.249. The van der Waals surface area contributed by atoms with Gasteiger partial charge < -0.3 is 4.40 Å². The third kappa shape index (κ3) is 1.22. The van der Waals surface area contributed by atoms with Gasteiger partial charge in [-0.25, -0.2) is 9.37 Å². The fourth-order valence-electron chi connectivity index (χ4n) is 1.08. The van der Waals surface area contributed by atoms with E-state index >= 15 is 0 Å². The molecule has 0 aliphatic carbocycles. The Morgan fingerprint density at radius 3 is 3.00 bits per heavy atom. The van der Waals surface area contributed by atoms with Crippen LogP contribution in [0.5, 0.6) is 0 Å². The van der Waals surface area contributed by atoms with Crippen LogP contribution in [0.3, 0.4) is 0 Å². The van der Waals surface area contributed by atoms with Crippen LogP contribution >= 0.6 is 15.9 Å². The van der Waals surface area contributed by atoms with E-state index in [9.17, 15) is 4.39 Å². The quantitative estimate of drug-likeness (QED) is 0.686. The molecule has 0 spiro atoms. The maximum Gasteiger partial charge on any atom is 0.139 e. The highest BCUT2D eigenvalue weighted by atomic mass is 79.9. The molecule has 12 heavy (non-hydrogen) atoms. The number of hydrogen-bond donors (Lipinski definition) is 0. The maximum atomic E-state index is 12.7. The summed E-state index contributed by atoms with van der Waals surface area (Å²) in [5, 5.41) is 0.691. The zero-order valence-electron chi connectivity index (χ0n) is 6.17. The fourth-order valence-corrected chi connectivity index (χ4v) is 1.35. The van der Waals surface area contributed by atoms with Crippen molar-refractivity contribution in [1.82, 2.24) is 9.38 Å². The fraction of sp³-hybridized carbons (Fsp3) is 0.125. The van der Waals surface area contributed by atoms with Crippen molar-refractivity contribution in [2.24, 2.45) is 0 Å². The number of rotatable bonds is 1. The number of halogens is 2. The molecular weight excluding hydrogens is 223 g/mol. The van der Waals surface area contributed by atoms with E-state index in [4.69, 9.17) is 0 Å². The molecular formula is C8H6BrFN2. The number of fused-ring (bicyclic) bond motifs is 1. The lowest BCUT2D eigenvalue weighted by molar-refractivity contribution is 0.619. The molecule has 0 atom stereocenters. The molecule has 0 amide bonds. The van der Waals surface area contributed by atoms with E-state index in [1.807, 2.05) is 0 Å². The molecule has 2 nitrogen and oxygen atoms in total. The Kier molecular flexibility index (Phi) is 1.84. The molecule has 62 valence electrons. The zero-order chi connectivity index (χ0) is 8.55. The highest BCUT2D eigenvalue weighted by molar-refractivity contribution is 9.08. The number of nitrogens with zero attached hydrogens (tertiary/aromatic N) is 2. The second-order valence-electron chi connectivity index (χ2n) is 2.48. The zero-order valence-corrected chi connectivity index (χ0v) is 7.75. The number of pyridine rings is 1. The van der Waals surface area contributed by atoms with Crippen LogP contribution in [-0.2, 0) is 5.33 Å². The van der Waals surface area contributed by atoms with E-state index in [-0.39, 0.29) is 5.82 Å². The summed E-state index contributed by atoms with van der Waals surface area (Å²) >= 11 is 3.28. The van der Waals surface area contributed by atoms with Crippen LogP contribution in [0.25, 0.3) is 5.65 Å². The van der Waals surface area contributed by atoms with Crippen LogP contribution in [0.2, 0.25) is 0 Å². The third-order valence-electron chi connectivity index (χ3n) is 1.60. The molecule has 0 bridgehead atoms. The van der Waals surface area contributed by atoms with Crippen molar-refractivity contribution < 1.29 is 4.39 Å². The number of alkyl halides is 1. The van der Waals surface area contributed by atoms with Crippen LogP contribution in [0, 0.1) is 5.82 Å². The van der Waals surface area contributed by atoms with Crippen molar-refractivity contribution in [2.45, 2.75) is 5.33 Å².